The van der Waals surface area contributed by atoms with Crippen molar-refractivity contribution in [2.75, 3.05) is 19.6 Å². The molecule has 0 amide bonds. The van der Waals surface area contributed by atoms with Crippen LogP contribution in [0.5, 0.6) is 0 Å². The molecule has 112 valence electrons. The van der Waals surface area contributed by atoms with Gasteiger partial charge in [-0.1, -0.05) is 38.1 Å². The first-order valence-electron chi connectivity index (χ1n) is 8.15. The van der Waals surface area contributed by atoms with Gasteiger partial charge in [0.2, 0.25) is 0 Å². The standard InChI is InChI=1S/C18H30N2/c1-5-19-18-11-13-20(16(4)15(18)3)12-10-17-9-7-6-8-14(17)2/h6-9,15-16,18-19H,5,10-13H2,1-4H3. The summed E-state index contributed by atoms with van der Waals surface area (Å²) in [6, 6.07) is 10.2. The maximum Gasteiger partial charge on any atom is 0.0120 e. The van der Waals surface area contributed by atoms with E-state index in [4.69, 9.17) is 0 Å². The molecule has 1 aliphatic rings. The summed E-state index contributed by atoms with van der Waals surface area (Å²) in [5, 5.41) is 3.64. The highest BCUT2D eigenvalue weighted by atomic mass is 15.2. The van der Waals surface area contributed by atoms with E-state index in [1.54, 1.807) is 0 Å². The third-order valence-electron chi connectivity index (χ3n) is 5.09. The van der Waals surface area contributed by atoms with Crippen molar-refractivity contribution in [3.63, 3.8) is 0 Å². The summed E-state index contributed by atoms with van der Waals surface area (Å²) >= 11 is 0. The Morgan fingerprint density at radius 2 is 2.00 bits per heavy atom. The lowest BCUT2D eigenvalue weighted by Gasteiger charge is -2.43. The van der Waals surface area contributed by atoms with E-state index >= 15 is 0 Å². The van der Waals surface area contributed by atoms with Crippen molar-refractivity contribution in [1.29, 1.82) is 0 Å². The van der Waals surface area contributed by atoms with E-state index in [1.807, 2.05) is 0 Å². The zero-order valence-corrected chi connectivity index (χ0v) is 13.5. The molecule has 1 saturated heterocycles. The molecular weight excluding hydrogens is 244 g/mol. The molecule has 1 aromatic carbocycles. The topological polar surface area (TPSA) is 15.3 Å². The van der Waals surface area contributed by atoms with Crippen LogP contribution in [0.3, 0.4) is 0 Å². The van der Waals surface area contributed by atoms with Gasteiger partial charge in [-0.25, -0.2) is 0 Å². The second kappa shape index (κ2) is 7.24. The van der Waals surface area contributed by atoms with Crippen LogP contribution in [0, 0.1) is 12.8 Å². The van der Waals surface area contributed by atoms with Gasteiger partial charge in [-0.05, 0) is 56.8 Å². The molecule has 2 heteroatoms. The van der Waals surface area contributed by atoms with E-state index < -0.39 is 0 Å². The molecule has 3 unspecified atom stereocenters. The third-order valence-corrected chi connectivity index (χ3v) is 5.09. The van der Waals surface area contributed by atoms with Gasteiger partial charge in [0.05, 0.1) is 0 Å². The van der Waals surface area contributed by atoms with Crippen LogP contribution < -0.4 is 5.32 Å². The molecule has 0 aromatic heterocycles. The van der Waals surface area contributed by atoms with E-state index in [1.165, 1.54) is 37.1 Å². The largest absolute Gasteiger partial charge is 0.314 e. The van der Waals surface area contributed by atoms with Gasteiger partial charge >= 0.3 is 0 Å². The van der Waals surface area contributed by atoms with Crippen molar-refractivity contribution in [3.05, 3.63) is 35.4 Å². The van der Waals surface area contributed by atoms with Gasteiger partial charge in [0.25, 0.3) is 0 Å². The van der Waals surface area contributed by atoms with Crippen LogP contribution in [0.1, 0.15) is 38.3 Å². The minimum absolute atomic E-state index is 0.678. The first-order chi connectivity index (χ1) is 9.63. The number of rotatable bonds is 5. The Hall–Kier alpha value is -0.860. The second-order valence-electron chi connectivity index (χ2n) is 6.27. The van der Waals surface area contributed by atoms with Crippen LogP contribution in [-0.4, -0.2) is 36.6 Å². The SMILES string of the molecule is CCNC1CCN(CCc2ccccc2C)C(C)C1C. The van der Waals surface area contributed by atoms with Gasteiger partial charge in [0.1, 0.15) is 0 Å². The molecule has 1 N–H and O–H groups in total. The number of nitrogens with zero attached hydrogens (tertiary/aromatic N) is 1. The molecule has 1 heterocycles. The highest BCUT2D eigenvalue weighted by Gasteiger charge is 2.31. The summed E-state index contributed by atoms with van der Waals surface area (Å²) in [5.41, 5.74) is 2.93. The molecule has 0 bridgehead atoms. The summed E-state index contributed by atoms with van der Waals surface area (Å²) in [7, 11) is 0. The highest BCUT2D eigenvalue weighted by Crippen LogP contribution is 2.24. The molecular formula is C18H30N2. The average molecular weight is 274 g/mol. The maximum absolute atomic E-state index is 3.64. The van der Waals surface area contributed by atoms with Crippen LogP contribution >= 0.6 is 0 Å². The van der Waals surface area contributed by atoms with Crippen LogP contribution in [0.15, 0.2) is 24.3 Å². The minimum Gasteiger partial charge on any atom is -0.314 e. The molecule has 2 rings (SSSR count). The van der Waals surface area contributed by atoms with Gasteiger partial charge in [0.15, 0.2) is 0 Å². The average Bonchev–Trinajstić information content (AvgIpc) is 2.45. The van der Waals surface area contributed by atoms with Crippen molar-refractivity contribution < 1.29 is 0 Å². The molecule has 1 fully saturated rings. The lowest BCUT2D eigenvalue weighted by molar-refractivity contribution is 0.0867. The summed E-state index contributed by atoms with van der Waals surface area (Å²) in [4.78, 5) is 2.67. The van der Waals surface area contributed by atoms with Crippen molar-refractivity contribution >= 4 is 0 Å². The lowest BCUT2D eigenvalue weighted by atomic mass is 9.86. The Bertz CT molecular complexity index is 416. The summed E-state index contributed by atoms with van der Waals surface area (Å²) < 4.78 is 0. The van der Waals surface area contributed by atoms with E-state index in [2.05, 4.69) is 62.2 Å². The predicted octanol–water partition coefficient (Wildman–Crippen LogP) is 3.25. The minimum atomic E-state index is 0.678. The monoisotopic (exact) mass is 274 g/mol. The Morgan fingerprint density at radius 1 is 1.25 bits per heavy atom. The molecule has 2 nitrogen and oxygen atoms in total. The van der Waals surface area contributed by atoms with Crippen LogP contribution in [-0.2, 0) is 6.42 Å². The number of benzene rings is 1. The van der Waals surface area contributed by atoms with Gasteiger partial charge < -0.3 is 5.32 Å². The molecule has 3 atom stereocenters. The van der Waals surface area contributed by atoms with Crippen molar-refractivity contribution in [2.45, 2.75) is 52.6 Å². The number of piperidine rings is 1. The summed E-state index contributed by atoms with van der Waals surface area (Å²) in [5.74, 6) is 0.737. The van der Waals surface area contributed by atoms with Gasteiger partial charge in [0, 0.05) is 18.6 Å². The third kappa shape index (κ3) is 3.62. The van der Waals surface area contributed by atoms with Crippen molar-refractivity contribution in [1.82, 2.24) is 10.2 Å². The summed E-state index contributed by atoms with van der Waals surface area (Å²) in [6.45, 7) is 12.7. The number of hydrogen-bond donors (Lipinski definition) is 1. The van der Waals surface area contributed by atoms with E-state index in [0.29, 0.717) is 12.1 Å². The maximum atomic E-state index is 3.64. The molecule has 0 spiro atoms. The summed E-state index contributed by atoms with van der Waals surface area (Å²) in [6.07, 6.45) is 2.46. The van der Waals surface area contributed by atoms with Gasteiger partial charge in [-0.15, -0.1) is 0 Å². The van der Waals surface area contributed by atoms with E-state index in [0.717, 1.165) is 12.5 Å². The van der Waals surface area contributed by atoms with E-state index in [-0.39, 0.29) is 0 Å². The van der Waals surface area contributed by atoms with Gasteiger partial charge in [-0.2, -0.15) is 0 Å². The predicted molar refractivity (Wildman–Crippen MR) is 87.2 cm³/mol. The zero-order valence-electron chi connectivity index (χ0n) is 13.5. The number of likely N-dealkylation sites (tertiary alicyclic amines) is 1. The molecule has 0 aliphatic carbocycles. The fourth-order valence-corrected chi connectivity index (χ4v) is 3.46. The van der Waals surface area contributed by atoms with Crippen molar-refractivity contribution in [2.24, 2.45) is 5.92 Å². The second-order valence-corrected chi connectivity index (χ2v) is 6.27. The molecule has 1 aliphatic heterocycles. The number of nitrogens with one attached hydrogen (secondary N) is 1. The van der Waals surface area contributed by atoms with Gasteiger partial charge in [-0.3, -0.25) is 4.90 Å². The Kier molecular flexibility index (Phi) is 5.62. The first-order valence-corrected chi connectivity index (χ1v) is 8.15. The lowest BCUT2D eigenvalue weighted by Crippen LogP contribution is -2.53. The highest BCUT2D eigenvalue weighted by molar-refractivity contribution is 5.25. The molecule has 20 heavy (non-hydrogen) atoms. The van der Waals surface area contributed by atoms with Crippen LogP contribution in [0.4, 0.5) is 0 Å². The Balaban J connectivity index is 1.90. The Morgan fingerprint density at radius 3 is 2.70 bits per heavy atom. The quantitative estimate of drug-likeness (QED) is 0.886. The fraction of sp³-hybridized carbons (Fsp3) is 0.667. The Labute approximate surface area is 124 Å². The zero-order chi connectivity index (χ0) is 14.5. The smallest absolute Gasteiger partial charge is 0.0120 e. The van der Waals surface area contributed by atoms with Crippen LogP contribution in [0.2, 0.25) is 0 Å². The fourth-order valence-electron chi connectivity index (χ4n) is 3.46. The molecule has 0 radical (unpaired) electrons. The van der Waals surface area contributed by atoms with E-state index in [9.17, 15) is 0 Å². The first kappa shape index (κ1) is 15.5. The number of hydrogen-bond acceptors (Lipinski definition) is 2. The molecule has 1 aromatic rings. The normalized spacial score (nSPS) is 27.7. The van der Waals surface area contributed by atoms with Crippen LogP contribution in [0.25, 0.3) is 0 Å². The number of aryl methyl sites for hydroxylation is 1. The van der Waals surface area contributed by atoms with Crippen molar-refractivity contribution in [3.8, 4) is 0 Å². The molecule has 0 saturated carbocycles.